The average Bonchev–Trinajstić information content (AvgIpc) is 2.93. The number of H-pyrrole nitrogens is 1. The highest BCUT2D eigenvalue weighted by Gasteiger charge is 2.23. The number of aromatic amines is 1. The van der Waals surface area contributed by atoms with Crippen LogP contribution in [0.1, 0.15) is 25.1 Å². The van der Waals surface area contributed by atoms with Crippen molar-refractivity contribution in [3.8, 4) is 0 Å². The first-order valence-electron chi connectivity index (χ1n) is 8.22. The Morgan fingerprint density at radius 1 is 1.52 bits per heavy atom. The number of nitrogens with zero attached hydrogens (tertiary/aromatic N) is 2. The van der Waals surface area contributed by atoms with E-state index in [1.165, 1.54) is 0 Å². The SMILES string of the molecule is CN1CCCC(C(=O)NCCCc2nc3ccc(Cl)cc3[nH]2)C1. The fraction of sp³-hybridized carbons (Fsp3) is 0.529. The quantitative estimate of drug-likeness (QED) is 0.826. The Hall–Kier alpha value is -1.59. The number of imidazole rings is 1. The third-order valence-electron chi connectivity index (χ3n) is 4.38. The second-order valence-corrected chi connectivity index (χ2v) is 6.78. The fourth-order valence-corrected chi connectivity index (χ4v) is 3.32. The van der Waals surface area contributed by atoms with E-state index >= 15 is 0 Å². The lowest BCUT2D eigenvalue weighted by Crippen LogP contribution is -2.41. The summed E-state index contributed by atoms with van der Waals surface area (Å²) in [5, 5.41) is 3.76. The van der Waals surface area contributed by atoms with Gasteiger partial charge >= 0.3 is 0 Å². The number of fused-ring (bicyclic) bond motifs is 1. The number of aromatic nitrogens is 2. The fourth-order valence-electron chi connectivity index (χ4n) is 3.15. The second-order valence-electron chi connectivity index (χ2n) is 6.34. The normalized spacial score (nSPS) is 19.1. The zero-order chi connectivity index (χ0) is 16.2. The summed E-state index contributed by atoms with van der Waals surface area (Å²) in [6, 6.07) is 5.64. The predicted molar refractivity (Wildman–Crippen MR) is 92.7 cm³/mol. The number of likely N-dealkylation sites (tertiary alicyclic amines) is 1. The Kier molecular flexibility index (Phi) is 5.18. The van der Waals surface area contributed by atoms with Gasteiger partial charge in [-0.3, -0.25) is 4.79 Å². The minimum Gasteiger partial charge on any atom is -0.356 e. The van der Waals surface area contributed by atoms with Crippen molar-refractivity contribution < 1.29 is 4.79 Å². The number of nitrogens with one attached hydrogen (secondary N) is 2. The van der Waals surface area contributed by atoms with Crippen LogP contribution in [-0.2, 0) is 11.2 Å². The highest BCUT2D eigenvalue weighted by atomic mass is 35.5. The van der Waals surface area contributed by atoms with Crippen LogP contribution in [0.4, 0.5) is 0 Å². The molecule has 0 aliphatic carbocycles. The lowest BCUT2D eigenvalue weighted by Gasteiger charge is -2.28. The maximum absolute atomic E-state index is 12.2. The van der Waals surface area contributed by atoms with E-state index in [0.29, 0.717) is 11.6 Å². The van der Waals surface area contributed by atoms with E-state index in [0.717, 1.165) is 55.6 Å². The van der Waals surface area contributed by atoms with Crippen molar-refractivity contribution in [3.05, 3.63) is 29.0 Å². The molecule has 1 aliphatic heterocycles. The molecule has 1 amide bonds. The number of amides is 1. The van der Waals surface area contributed by atoms with Crippen molar-refractivity contribution in [2.45, 2.75) is 25.7 Å². The van der Waals surface area contributed by atoms with Crippen LogP contribution in [0.5, 0.6) is 0 Å². The molecule has 2 aromatic rings. The van der Waals surface area contributed by atoms with Gasteiger partial charge in [0.25, 0.3) is 0 Å². The highest BCUT2D eigenvalue weighted by molar-refractivity contribution is 6.31. The van der Waals surface area contributed by atoms with Crippen LogP contribution in [0.2, 0.25) is 5.02 Å². The van der Waals surface area contributed by atoms with Crippen LogP contribution in [0.3, 0.4) is 0 Å². The maximum atomic E-state index is 12.2. The van der Waals surface area contributed by atoms with E-state index in [2.05, 4.69) is 27.2 Å². The van der Waals surface area contributed by atoms with Crippen molar-refractivity contribution >= 4 is 28.5 Å². The van der Waals surface area contributed by atoms with Gasteiger partial charge < -0.3 is 15.2 Å². The van der Waals surface area contributed by atoms with E-state index in [4.69, 9.17) is 11.6 Å². The van der Waals surface area contributed by atoms with Crippen LogP contribution in [-0.4, -0.2) is 47.5 Å². The van der Waals surface area contributed by atoms with Gasteiger partial charge in [-0.2, -0.15) is 0 Å². The number of rotatable bonds is 5. The van der Waals surface area contributed by atoms with Gasteiger partial charge in [-0.25, -0.2) is 4.98 Å². The molecule has 2 heterocycles. The van der Waals surface area contributed by atoms with Gasteiger partial charge in [-0.1, -0.05) is 11.6 Å². The molecule has 124 valence electrons. The van der Waals surface area contributed by atoms with Crippen molar-refractivity contribution in [2.24, 2.45) is 5.92 Å². The van der Waals surface area contributed by atoms with E-state index in [-0.39, 0.29) is 11.8 Å². The van der Waals surface area contributed by atoms with Crippen LogP contribution >= 0.6 is 11.6 Å². The minimum atomic E-state index is 0.141. The van der Waals surface area contributed by atoms with Crippen molar-refractivity contribution in [1.29, 1.82) is 0 Å². The Labute approximate surface area is 141 Å². The smallest absolute Gasteiger partial charge is 0.224 e. The lowest BCUT2D eigenvalue weighted by atomic mass is 9.97. The Morgan fingerprint density at radius 2 is 2.39 bits per heavy atom. The number of hydrogen-bond acceptors (Lipinski definition) is 3. The molecule has 5 nitrogen and oxygen atoms in total. The topological polar surface area (TPSA) is 61.0 Å². The molecule has 3 rings (SSSR count). The minimum absolute atomic E-state index is 0.141. The molecular weight excluding hydrogens is 312 g/mol. The molecule has 0 radical (unpaired) electrons. The zero-order valence-corrected chi connectivity index (χ0v) is 14.2. The maximum Gasteiger partial charge on any atom is 0.224 e. The molecule has 1 unspecified atom stereocenters. The van der Waals surface area contributed by atoms with Gasteiger partial charge in [-0.05, 0) is 51.1 Å². The summed E-state index contributed by atoms with van der Waals surface area (Å²) in [5.41, 5.74) is 1.89. The number of halogens is 1. The summed E-state index contributed by atoms with van der Waals surface area (Å²) in [4.78, 5) is 22.2. The molecular formula is C17H23ClN4O. The summed E-state index contributed by atoms with van der Waals surface area (Å²) in [6.07, 6.45) is 3.80. The molecule has 2 N–H and O–H groups in total. The number of piperidine rings is 1. The summed E-state index contributed by atoms with van der Waals surface area (Å²) < 4.78 is 0. The van der Waals surface area contributed by atoms with Crippen LogP contribution in [0.25, 0.3) is 11.0 Å². The lowest BCUT2D eigenvalue weighted by molar-refractivity contribution is -0.126. The number of carbonyl (C=O) groups excluding carboxylic acids is 1. The van der Waals surface area contributed by atoms with Gasteiger partial charge in [0.1, 0.15) is 5.82 Å². The first-order chi connectivity index (χ1) is 11.1. The predicted octanol–water partition coefficient (Wildman–Crippen LogP) is 2.61. The molecule has 23 heavy (non-hydrogen) atoms. The van der Waals surface area contributed by atoms with Gasteiger partial charge in [0, 0.05) is 24.5 Å². The first-order valence-corrected chi connectivity index (χ1v) is 8.60. The summed E-state index contributed by atoms with van der Waals surface area (Å²) in [5.74, 6) is 1.27. The number of carbonyl (C=O) groups is 1. The third kappa shape index (κ3) is 4.24. The molecule has 6 heteroatoms. The van der Waals surface area contributed by atoms with Gasteiger partial charge in [-0.15, -0.1) is 0 Å². The summed E-state index contributed by atoms with van der Waals surface area (Å²) in [7, 11) is 2.08. The van der Waals surface area contributed by atoms with Crippen molar-refractivity contribution in [3.63, 3.8) is 0 Å². The third-order valence-corrected chi connectivity index (χ3v) is 4.61. The van der Waals surface area contributed by atoms with Crippen LogP contribution in [0, 0.1) is 5.92 Å². The second kappa shape index (κ2) is 7.32. The van der Waals surface area contributed by atoms with Gasteiger partial charge in [0.05, 0.1) is 17.0 Å². The van der Waals surface area contributed by atoms with E-state index < -0.39 is 0 Å². The zero-order valence-electron chi connectivity index (χ0n) is 13.4. The monoisotopic (exact) mass is 334 g/mol. The van der Waals surface area contributed by atoms with E-state index in [1.54, 1.807) is 0 Å². The number of benzene rings is 1. The molecule has 1 aromatic heterocycles. The molecule has 0 bridgehead atoms. The molecule has 1 fully saturated rings. The molecule has 0 spiro atoms. The van der Waals surface area contributed by atoms with E-state index in [9.17, 15) is 4.79 Å². The van der Waals surface area contributed by atoms with Crippen LogP contribution < -0.4 is 5.32 Å². The summed E-state index contributed by atoms with van der Waals surface area (Å²) >= 11 is 5.97. The molecule has 1 aliphatic rings. The largest absolute Gasteiger partial charge is 0.356 e. The number of aryl methyl sites for hydroxylation is 1. The molecule has 1 aromatic carbocycles. The molecule has 1 atom stereocenters. The highest BCUT2D eigenvalue weighted by Crippen LogP contribution is 2.18. The Bertz CT molecular complexity index is 684. The van der Waals surface area contributed by atoms with Gasteiger partial charge in [0.15, 0.2) is 0 Å². The first kappa shape index (κ1) is 16.3. The standard InChI is InChI=1S/C17H23ClN4O/c1-22-9-3-4-12(11-22)17(23)19-8-2-5-16-20-14-7-6-13(18)10-15(14)21-16/h6-7,10,12H,2-5,8-9,11H2,1H3,(H,19,23)(H,20,21). The Morgan fingerprint density at radius 3 is 3.22 bits per heavy atom. The Balaban J connectivity index is 1.44. The number of hydrogen-bond donors (Lipinski definition) is 2. The summed E-state index contributed by atoms with van der Waals surface area (Å²) in [6.45, 7) is 2.66. The average molecular weight is 335 g/mol. The van der Waals surface area contributed by atoms with Gasteiger partial charge in [0.2, 0.25) is 5.91 Å². The van der Waals surface area contributed by atoms with Crippen molar-refractivity contribution in [2.75, 3.05) is 26.7 Å². The van der Waals surface area contributed by atoms with Crippen molar-refractivity contribution in [1.82, 2.24) is 20.2 Å². The molecule has 0 saturated carbocycles. The molecule has 1 saturated heterocycles. The van der Waals surface area contributed by atoms with E-state index in [1.807, 2.05) is 18.2 Å². The van der Waals surface area contributed by atoms with Crippen LogP contribution in [0.15, 0.2) is 18.2 Å².